The van der Waals surface area contributed by atoms with Crippen LogP contribution in [0.5, 0.6) is 5.75 Å². The van der Waals surface area contributed by atoms with Crippen LogP contribution < -0.4 is 10.2 Å². The van der Waals surface area contributed by atoms with E-state index in [4.69, 9.17) is 10.0 Å². The molecule has 0 aliphatic rings. The fraction of sp³-hybridized carbons (Fsp3) is 0.143. The lowest BCUT2D eigenvalue weighted by molar-refractivity contribution is -0.0515. The molecule has 0 heterocycles. The molecular weight excluding hydrogens is 200 g/mol. The van der Waals surface area contributed by atoms with Crippen molar-refractivity contribution in [2.75, 3.05) is 0 Å². The molecule has 0 aromatic heterocycles. The van der Waals surface area contributed by atoms with Crippen LogP contribution in [0, 0.1) is 5.82 Å². The van der Waals surface area contributed by atoms with E-state index < -0.39 is 30.8 Å². The van der Waals surface area contributed by atoms with Crippen LogP contribution >= 0.6 is 0 Å². The Morgan fingerprint density at radius 1 is 1.29 bits per heavy atom. The number of hydrogen-bond acceptors (Lipinski definition) is 3. The molecule has 0 saturated carbocycles. The zero-order chi connectivity index (χ0) is 10.7. The highest BCUT2D eigenvalue weighted by atomic mass is 19.3. The molecule has 1 rings (SSSR count). The van der Waals surface area contributed by atoms with E-state index in [1.165, 1.54) is 0 Å². The molecule has 1 aromatic rings. The average molecular weight is 206 g/mol. The first-order valence-electron chi connectivity index (χ1n) is 3.61. The van der Waals surface area contributed by atoms with E-state index >= 15 is 0 Å². The van der Waals surface area contributed by atoms with Gasteiger partial charge in [0.05, 0.1) is 0 Å². The van der Waals surface area contributed by atoms with E-state index in [2.05, 4.69) is 4.74 Å². The predicted molar refractivity (Wildman–Crippen MR) is 42.9 cm³/mol. The molecule has 1 aromatic carbocycles. The first-order valence-corrected chi connectivity index (χ1v) is 3.61. The van der Waals surface area contributed by atoms with E-state index in [9.17, 15) is 13.2 Å². The summed E-state index contributed by atoms with van der Waals surface area (Å²) in [6, 6.07) is 3.11. The van der Waals surface area contributed by atoms with Gasteiger partial charge in [-0.2, -0.15) is 8.78 Å². The topological polar surface area (TPSA) is 49.7 Å². The van der Waals surface area contributed by atoms with Gasteiger partial charge in [0, 0.05) is 5.46 Å². The average Bonchev–Trinajstić information content (AvgIpc) is 2.07. The standard InChI is InChI=1S/C7H6BF3O3/c9-5-3-1-2-4(8(12)13)6(5)14-7(10)11/h1-3,7,12-13H. The number of hydrogen-bond donors (Lipinski definition) is 2. The van der Waals surface area contributed by atoms with Crippen molar-refractivity contribution in [3.8, 4) is 5.75 Å². The summed E-state index contributed by atoms with van der Waals surface area (Å²) in [6.07, 6.45) is 0. The minimum atomic E-state index is -3.22. The lowest BCUT2D eigenvalue weighted by Crippen LogP contribution is -2.32. The largest absolute Gasteiger partial charge is 0.492 e. The summed E-state index contributed by atoms with van der Waals surface area (Å²) in [7, 11) is -2.06. The molecular formula is C7H6BF3O3. The van der Waals surface area contributed by atoms with Crippen LogP contribution in [0.4, 0.5) is 13.2 Å². The smallest absolute Gasteiger partial charge is 0.432 e. The maximum atomic E-state index is 12.9. The molecule has 0 amide bonds. The Morgan fingerprint density at radius 2 is 1.93 bits per heavy atom. The van der Waals surface area contributed by atoms with Gasteiger partial charge in [0.2, 0.25) is 0 Å². The maximum absolute atomic E-state index is 12.9. The molecule has 0 saturated heterocycles. The molecule has 3 nitrogen and oxygen atoms in total. The molecule has 0 bridgehead atoms. The van der Waals surface area contributed by atoms with Crippen molar-refractivity contribution in [2.24, 2.45) is 0 Å². The van der Waals surface area contributed by atoms with Gasteiger partial charge in [-0.05, 0) is 6.07 Å². The third kappa shape index (κ3) is 2.40. The van der Waals surface area contributed by atoms with Crippen molar-refractivity contribution in [1.29, 1.82) is 0 Å². The Balaban J connectivity index is 3.09. The van der Waals surface area contributed by atoms with Crippen molar-refractivity contribution in [2.45, 2.75) is 6.61 Å². The van der Waals surface area contributed by atoms with Gasteiger partial charge >= 0.3 is 13.7 Å². The second-order valence-electron chi connectivity index (χ2n) is 2.41. The van der Waals surface area contributed by atoms with Crippen molar-refractivity contribution in [3.05, 3.63) is 24.0 Å². The first-order chi connectivity index (χ1) is 6.52. The first kappa shape index (κ1) is 10.9. The van der Waals surface area contributed by atoms with Gasteiger partial charge in [-0.15, -0.1) is 0 Å². The SMILES string of the molecule is OB(O)c1cccc(F)c1OC(F)F. The van der Waals surface area contributed by atoms with Gasteiger partial charge in [0.1, 0.15) is 0 Å². The number of rotatable bonds is 3. The number of halogens is 3. The van der Waals surface area contributed by atoms with Gasteiger partial charge < -0.3 is 14.8 Å². The normalized spacial score (nSPS) is 10.4. The number of ether oxygens (including phenoxy) is 1. The van der Waals surface area contributed by atoms with Crippen molar-refractivity contribution >= 4 is 12.6 Å². The van der Waals surface area contributed by atoms with Crippen LogP contribution in [0.2, 0.25) is 0 Å². The van der Waals surface area contributed by atoms with Gasteiger partial charge in [0.25, 0.3) is 0 Å². The summed E-state index contributed by atoms with van der Waals surface area (Å²) < 4.78 is 40.3. The van der Waals surface area contributed by atoms with Crippen LogP contribution in [0.25, 0.3) is 0 Å². The van der Waals surface area contributed by atoms with Gasteiger partial charge in [0.15, 0.2) is 11.6 Å². The Kier molecular flexibility index (Phi) is 3.37. The van der Waals surface area contributed by atoms with Gasteiger partial charge in [-0.25, -0.2) is 4.39 Å². The maximum Gasteiger partial charge on any atom is 0.492 e. The lowest BCUT2D eigenvalue weighted by atomic mass is 9.79. The second kappa shape index (κ2) is 4.34. The van der Waals surface area contributed by atoms with Crippen LogP contribution in [0.3, 0.4) is 0 Å². The fourth-order valence-electron chi connectivity index (χ4n) is 0.942. The zero-order valence-electron chi connectivity index (χ0n) is 6.82. The molecule has 2 N–H and O–H groups in total. The number of alkyl halides is 2. The molecule has 0 radical (unpaired) electrons. The second-order valence-corrected chi connectivity index (χ2v) is 2.41. The molecule has 7 heteroatoms. The molecule has 0 aliphatic heterocycles. The molecule has 0 fully saturated rings. The van der Waals surface area contributed by atoms with Crippen LogP contribution in [0.1, 0.15) is 0 Å². The Hall–Kier alpha value is -1.21. The lowest BCUT2D eigenvalue weighted by Gasteiger charge is -2.10. The van der Waals surface area contributed by atoms with Crippen LogP contribution in [-0.2, 0) is 0 Å². The summed E-state index contributed by atoms with van der Waals surface area (Å²) in [5, 5.41) is 17.4. The molecule has 14 heavy (non-hydrogen) atoms. The third-order valence-corrected chi connectivity index (χ3v) is 1.48. The van der Waals surface area contributed by atoms with E-state index in [0.29, 0.717) is 0 Å². The number of benzene rings is 1. The predicted octanol–water partition coefficient (Wildman–Crippen LogP) is 0.107. The van der Waals surface area contributed by atoms with Crippen LogP contribution in [-0.4, -0.2) is 23.8 Å². The molecule has 0 aliphatic carbocycles. The van der Waals surface area contributed by atoms with Crippen molar-refractivity contribution < 1.29 is 28.0 Å². The highest BCUT2D eigenvalue weighted by Gasteiger charge is 2.22. The Bertz CT molecular complexity index is 319. The molecule has 0 unspecified atom stereocenters. The van der Waals surface area contributed by atoms with Crippen molar-refractivity contribution in [1.82, 2.24) is 0 Å². The minimum absolute atomic E-state index is 0.440. The van der Waals surface area contributed by atoms with E-state index in [-0.39, 0.29) is 0 Å². The quantitative estimate of drug-likeness (QED) is 0.689. The summed E-state index contributed by atoms with van der Waals surface area (Å²) in [5.74, 6) is -1.92. The summed E-state index contributed by atoms with van der Waals surface area (Å²) in [4.78, 5) is 0. The van der Waals surface area contributed by atoms with Gasteiger partial charge in [-0.1, -0.05) is 12.1 Å². The van der Waals surface area contributed by atoms with E-state index in [1.807, 2.05) is 0 Å². The highest BCUT2D eigenvalue weighted by molar-refractivity contribution is 6.59. The zero-order valence-corrected chi connectivity index (χ0v) is 6.82. The van der Waals surface area contributed by atoms with Crippen molar-refractivity contribution in [3.63, 3.8) is 0 Å². The minimum Gasteiger partial charge on any atom is -0.432 e. The third-order valence-electron chi connectivity index (χ3n) is 1.48. The monoisotopic (exact) mass is 206 g/mol. The van der Waals surface area contributed by atoms with Gasteiger partial charge in [-0.3, -0.25) is 0 Å². The molecule has 0 atom stereocenters. The Morgan fingerprint density at radius 3 is 2.43 bits per heavy atom. The molecule has 0 spiro atoms. The fourth-order valence-corrected chi connectivity index (χ4v) is 0.942. The Labute approximate surface area is 77.9 Å². The summed E-state index contributed by atoms with van der Waals surface area (Å²) in [6.45, 7) is -3.22. The van der Waals surface area contributed by atoms with E-state index in [1.54, 1.807) is 0 Å². The summed E-state index contributed by atoms with van der Waals surface area (Å²) >= 11 is 0. The van der Waals surface area contributed by atoms with E-state index in [0.717, 1.165) is 18.2 Å². The van der Waals surface area contributed by atoms with Crippen LogP contribution in [0.15, 0.2) is 18.2 Å². The number of para-hydroxylation sites is 1. The summed E-state index contributed by atoms with van der Waals surface area (Å²) in [5.41, 5.74) is -0.440. The highest BCUT2D eigenvalue weighted by Crippen LogP contribution is 2.16. The molecule has 76 valence electrons.